The number of hydrogen-bond acceptors (Lipinski definition) is 10. The number of aromatic amines is 1. The zero-order valence-electron chi connectivity index (χ0n) is 23.4. The molecule has 2 aliphatic rings. The fraction of sp³-hybridized carbons (Fsp3) is 0.481. The number of rotatable bonds is 12. The van der Waals surface area contributed by atoms with Gasteiger partial charge >= 0.3 is 13.7 Å². The molecule has 0 saturated heterocycles. The Balaban J connectivity index is 1.35. The topological polar surface area (TPSA) is 184 Å². The monoisotopic (exact) mass is 586 g/mol. The number of aliphatic hydroxyl groups excluding tert-OH is 1. The molecule has 5 rings (SSSR count). The predicted molar refractivity (Wildman–Crippen MR) is 152 cm³/mol. The molecule has 2 heterocycles. The van der Waals surface area contributed by atoms with Crippen LogP contribution < -0.4 is 20.9 Å². The minimum atomic E-state index is -4.14. The van der Waals surface area contributed by atoms with E-state index in [1.807, 2.05) is 12.1 Å². The zero-order chi connectivity index (χ0) is 29.6. The Kier molecular flexibility index (Phi) is 7.58. The molecule has 13 nitrogen and oxygen atoms in total. The number of nitrogens with one attached hydrogen (secondary N) is 2. The summed E-state index contributed by atoms with van der Waals surface area (Å²) in [6.45, 7) is 6.65. The van der Waals surface area contributed by atoms with Crippen molar-refractivity contribution in [1.82, 2.24) is 24.6 Å². The van der Waals surface area contributed by atoms with Gasteiger partial charge in [-0.05, 0) is 68.7 Å². The average molecular weight is 587 g/mol. The third-order valence-corrected chi connectivity index (χ3v) is 9.10. The number of esters is 1. The average Bonchev–Trinajstić information content (AvgIpc) is 3.78. The fourth-order valence-electron chi connectivity index (χ4n) is 4.51. The van der Waals surface area contributed by atoms with Gasteiger partial charge in [-0.15, -0.1) is 0 Å². The van der Waals surface area contributed by atoms with E-state index in [9.17, 15) is 19.3 Å². The number of H-pyrrole nitrogens is 1. The highest BCUT2D eigenvalue weighted by Crippen LogP contribution is 2.56. The van der Waals surface area contributed by atoms with Crippen LogP contribution in [0.25, 0.3) is 17.4 Å². The quantitative estimate of drug-likeness (QED) is 0.181. The van der Waals surface area contributed by atoms with Gasteiger partial charge in [0.1, 0.15) is 18.1 Å². The summed E-state index contributed by atoms with van der Waals surface area (Å²) in [4.78, 5) is 35.2. The highest BCUT2D eigenvalue weighted by molar-refractivity contribution is 7.52. The van der Waals surface area contributed by atoms with Gasteiger partial charge in [0.15, 0.2) is 11.2 Å². The summed E-state index contributed by atoms with van der Waals surface area (Å²) in [5.41, 5.74) is 6.80. The number of fused-ring (bicyclic) bond motifs is 1. The number of nitrogens with zero attached hydrogens (tertiary/aromatic N) is 3. The van der Waals surface area contributed by atoms with Crippen LogP contribution in [0.5, 0.6) is 5.75 Å². The molecule has 0 aliphatic heterocycles. The van der Waals surface area contributed by atoms with Gasteiger partial charge in [0.05, 0.1) is 19.3 Å². The SMILES string of the molecule is CC(C)OC(=O)[C@H](C)NP(=O)(OC[C@@]1(CO)C/C1=C/n1cnc2c(=O)[nH]c(N)nc21)Oc1ccc(C2(C)CC2)cc1. The lowest BCUT2D eigenvalue weighted by Crippen LogP contribution is -2.36. The minimum absolute atomic E-state index is 0.0521. The molecule has 14 heteroatoms. The first-order valence-electron chi connectivity index (χ1n) is 13.4. The van der Waals surface area contributed by atoms with Crippen molar-refractivity contribution in [3.8, 4) is 5.75 Å². The normalized spacial score (nSPS) is 22.4. The fourth-order valence-corrected chi connectivity index (χ4v) is 6.09. The highest BCUT2D eigenvalue weighted by Gasteiger charge is 2.51. The minimum Gasteiger partial charge on any atom is -0.462 e. The first-order chi connectivity index (χ1) is 19.4. The van der Waals surface area contributed by atoms with Crippen molar-refractivity contribution in [2.45, 2.75) is 64.5 Å². The Morgan fingerprint density at radius 2 is 2.00 bits per heavy atom. The third kappa shape index (κ3) is 6.23. The summed E-state index contributed by atoms with van der Waals surface area (Å²) in [6.07, 6.45) is 5.38. The Hall–Kier alpha value is -3.51. The first kappa shape index (κ1) is 29.0. The third-order valence-electron chi connectivity index (χ3n) is 7.48. The molecule has 3 aromatic rings. The molecule has 0 radical (unpaired) electrons. The number of benzene rings is 1. The van der Waals surface area contributed by atoms with E-state index in [2.05, 4.69) is 27.0 Å². The Morgan fingerprint density at radius 1 is 1.29 bits per heavy atom. The van der Waals surface area contributed by atoms with Crippen molar-refractivity contribution in [1.29, 1.82) is 0 Å². The molecule has 2 saturated carbocycles. The van der Waals surface area contributed by atoms with E-state index in [1.165, 1.54) is 23.4 Å². The number of carbonyl (C=O) groups excluding carboxylic acids is 1. The maximum absolute atomic E-state index is 14.0. The number of anilines is 1. The number of nitrogen functional groups attached to an aromatic ring is 1. The second-order valence-corrected chi connectivity index (χ2v) is 13.0. The van der Waals surface area contributed by atoms with Crippen molar-refractivity contribution in [2.75, 3.05) is 18.9 Å². The summed E-state index contributed by atoms with van der Waals surface area (Å²) in [5.74, 6) is -0.354. The van der Waals surface area contributed by atoms with E-state index in [0.717, 1.165) is 18.4 Å². The van der Waals surface area contributed by atoms with Gasteiger partial charge in [-0.25, -0.2) is 9.55 Å². The molecular weight excluding hydrogens is 551 g/mol. The molecule has 0 amide bonds. The van der Waals surface area contributed by atoms with E-state index in [4.69, 9.17) is 19.5 Å². The van der Waals surface area contributed by atoms with Crippen molar-refractivity contribution in [2.24, 2.45) is 5.41 Å². The van der Waals surface area contributed by atoms with Gasteiger partial charge in [0.25, 0.3) is 5.56 Å². The van der Waals surface area contributed by atoms with Crippen molar-refractivity contribution in [3.63, 3.8) is 0 Å². The second-order valence-electron chi connectivity index (χ2n) is 11.3. The van der Waals surface area contributed by atoms with Gasteiger partial charge in [0.2, 0.25) is 5.95 Å². The molecule has 0 bridgehead atoms. The summed E-state index contributed by atoms with van der Waals surface area (Å²) < 4.78 is 32.5. The van der Waals surface area contributed by atoms with Crippen molar-refractivity contribution < 1.29 is 28.3 Å². The van der Waals surface area contributed by atoms with Crippen LogP contribution in [0, 0.1) is 5.41 Å². The smallest absolute Gasteiger partial charge is 0.459 e. The predicted octanol–water partition coefficient (Wildman–Crippen LogP) is 3.11. The number of carbonyl (C=O) groups is 1. The van der Waals surface area contributed by atoms with Gasteiger partial charge < -0.3 is 20.1 Å². The summed E-state index contributed by atoms with van der Waals surface area (Å²) in [5, 5.41) is 12.9. The van der Waals surface area contributed by atoms with Crippen LogP contribution >= 0.6 is 7.75 Å². The lowest BCUT2D eigenvalue weighted by molar-refractivity contribution is -0.149. The number of hydrogen-bond donors (Lipinski definition) is 4. The first-order valence-corrected chi connectivity index (χ1v) is 15.0. The lowest BCUT2D eigenvalue weighted by Gasteiger charge is -2.25. The lowest BCUT2D eigenvalue weighted by atomic mass is 9.99. The Labute approximate surface area is 236 Å². The molecule has 41 heavy (non-hydrogen) atoms. The maximum atomic E-state index is 14.0. The van der Waals surface area contributed by atoms with E-state index < -0.39 is 30.7 Å². The summed E-state index contributed by atoms with van der Waals surface area (Å²) in [7, 11) is -4.14. The molecule has 220 valence electrons. The molecule has 3 atom stereocenters. The molecule has 1 unspecified atom stereocenters. The van der Waals surface area contributed by atoms with E-state index in [0.29, 0.717) is 12.2 Å². The van der Waals surface area contributed by atoms with E-state index >= 15 is 0 Å². The van der Waals surface area contributed by atoms with Gasteiger partial charge in [0, 0.05) is 11.6 Å². The largest absolute Gasteiger partial charge is 0.462 e. The molecule has 0 spiro atoms. The standard InChI is InChI=1S/C27H35N6O7P/c1-16(2)39-24(36)17(3)32-41(37,40-20-7-5-18(6-8-20)26(4)9-10-26)38-14-27(13-34)11-19(27)12-33-15-29-21-22(33)30-25(28)31-23(21)35/h5-8,12,15-17,34H,9-11,13-14H2,1-4H3,(H,32,37)(H3,28,30,31,35)/b19-12-/t17-,27-,41?/m0/s1. The molecule has 5 N–H and O–H groups in total. The number of aromatic nitrogens is 4. The van der Waals surface area contributed by atoms with Crippen molar-refractivity contribution in [3.05, 3.63) is 52.1 Å². The van der Waals surface area contributed by atoms with E-state index in [-0.39, 0.29) is 41.8 Å². The van der Waals surface area contributed by atoms with Crippen LogP contribution in [-0.4, -0.2) is 56.0 Å². The van der Waals surface area contributed by atoms with Crippen LogP contribution in [0.1, 0.15) is 52.5 Å². The van der Waals surface area contributed by atoms with Gasteiger partial charge in [-0.2, -0.15) is 10.1 Å². The van der Waals surface area contributed by atoms with Crippen LogP contribution in [0.15, 0.2) is 41.0 Å². The van der Waals surface area contributed by atoms with Crippen molar-refractivity contribution >= 4 is 37.0 Å². The molecular formula is C27H35N6O7P. The Morgan fingerprint density at radius 3 is 2.63 bits per heavy atom. The van der Waals surface area contributed by atoms with Crippen LogP contribution in [-0.2, 0) is 24.0 Å². The second kappa shape index (κ2) is 10.7. The number of ether oxygens (including phenoxy) is 1. The van der Waals surface area contributed by atoms with Crippen LogP contribution in [0.3, 0.4) is 0 Å². The van der Waals surface area contributed by atoms with Crippen LogP contribution in [0.4, 0.5) is 5.95 Å². The molecule has 2 fully saturated rings. The highest BCUT2D eigenvalue weighted by atomic mass is 31.2. The maximum Gasteiger partial charge on any atom is 0.459 e. The summed E-state index contributed by atoms with van der Waals surface area (Å²) >= 11 is 0. The molecule has 1 aromatic carbocycles. The zero-order valence-corrected chi connectivity index (χ0v) is 24.3. The van der Waals surface area contributed by atoms with Crippen LogP contribution in [0.2, 0.25) is 0 Å². The number of imidazole rings is 1. The van der Waals surface area contributed by atoms with Gasteiger partial charge in [-0.1, -0.05) is 19.1 Å². The molecule has 2 aliphatic carbocycles. The van der Waals surface area contributed by atoms with E-state index in [1.54, 1.807) is 32.2 Å². The molecule has 2 aromatic heterocycles. The number of nitrogens with two attached hydrogens (primary N) is 1. The number of aliphatic hydroxyl groups is 1. The van der Waals surface area contributed by atoms with Gasteiger partial charge in [-0.3, -0.25) is 23.7 Å². The Bertz CT molecular complexity index is 1590. The summed E-state index contributed by atoms with van der Waals surface area (Å²) in [6, 6.07) is 6.31.